The molecule has 0 atom stereocenters. The summed E-state index contributed by atoms with van der Waals surface area (Å²) < 4.78 is 8.93. The van der Waals surface area contributed by atoms with E-state index in [0.29, 0.717) is 5.76 Å². The molecule has 0 aliphatic heterocycles. The van der Waals surface area contributed by atoms with Gasteiger partial charge in [-0.25, -0.2) is 4.68 Å². The number of nitrogens with one attached hydrogen (secondary N) is 2. The Kier molecular flexibility index (Phi) is 7.06. The van der Waals surface area contributed by atoms with Gasteiger partial charge in [-0.1, -0.05) is 18.2 Å². The number of amides is 2. The first kappa shape index (κ1) is 23.5. The van der Waals surface area contributed by atoms with Crippen LogP contribution in [0.25, 0.3) is 5.69 Å². The largest absolute Gasteiger partial charge is 0.464 e. The second-order valence-corrected chi connectivity index (χ2v) is 7.90. The van der Waals surface area contributed by atoms with Gasteiger partial charge in [0.1, 0.15) is 22.6 Å². The lowest BCUT2D eigenvalue weighted by molar-refractivity contribution is 0.0948. The van der Waals surface area contributed by atoms with Crippen molar-refractivity contribution in [1.82, 2.24) is 25.0 Å². The molecule has 0 saturated carbocycles. The Morgan fingerprint density at radius 2 is 1.77 bits per heavy atom. The van der Waals surface area contributed by atoms with E-state index in [9.17, 15) is 14.4 Å². The van der Waals surface area contributed by atoms with Crippen LogP contribution in [0.4, 0.5) is 0 Å². The molecule has 0 fully saturated rings. The summed E-state index contributed by atoms with van der Waals surface area (Å²) in [6.07, 6.45) is 7.89. The van der Waals surface area contributed by atoms with Crippen molar-refractivity contribution in [1.29, 1.82) is 0 Å². The van der Waals surface area contributed by atoms with Gasteiger partial charge in [0.2, 0.25) is 5.43 Å². The molecular formula is C26H25N5O4. The summed E-state index contributed by atoms with van der Waals surface area (Å²) in [6, 6.07) is 13.0. The van der Waals surface area contributed by atoms with Crippen LogP contribution in [-0.4, -0.2) is 32.7 Å². The Hall–Kier alpha value is -4.66. The van der Waals surface area contributed by atoms with E-state index in [1.54, 1.807) is 21.5 Å². The number of aryl methyl sites for hydroxylation is 1. The first-order valence-electron chi connectivity index (χ1n) is 11.0. The standard InChI is InChI=1S/C26H25N5O4/c1-3-11-27-25(33)22-16-30(15-21-10-5-18(2)35-21)17-23(24(22)32)26(34)28-14-19-6-8-20(9-7-19)31-13-4-12-29-31/h3-10,12-13,16-17H,1,11,14-15H2,2H3,(H,27,33)(H,28,34). The van der Waals surface area contributed by atoms with Crippen molar-refractivity contribution in [2.24, 2.45) is 0 Å². The van der Waals surface area contributed by atoms with Crippen LogP contribution in [0.5, 0.6) is 0 Å². The van der Waals surface area contributed by atoms with E-state index in [0.717, 1.165) is 17.0 Å². The molecule has 0 radical (unpaired) electrons. The van der Waals surface area contributed by atoms with Crippen LogP contribution < -0.4 is 16.1 Å². The zero-order chi connectivity index (χ0) is 24.8. The fraction of sp³-hybridized carbons (Fsp3) is 0.154. The molecule has 3 heterocycles. The van der Waals surface area contributed by atoms with Crippen LogP contribution in [0, 0.1) is 6.92 Å². The van der Waals surface area contributed by atoms with Crippen molar-refractivity contribution in [3.63, 3.8) is 0 Å². The molecule has 9 nitrogen and oxygen atoms in total. The third kappa shape index (κ3) is 5.64. The SMILES string of the molecule is C=CCNC(=O)c1cn(Cc2ccc(C)o2)cc(C(=O)NCc2ccc(-n3cccn3)cc2)c1=O. The smallest absolute Gasteiger partial charge is 0.257 e. The van der Waals surface area contributed by atoms with E-state index in [4.69, 9.17) is 4.42 Å². The Morgan fingerprint density at radius 3 is 2.37 bits per heavy atom. The molecule has 0 bridgehead atoms. The molecular weight excluding hydrogens is 446 g/mol. The average Bonchev–Trinajstić information content (AvgIpc) is 3.54. The van der Waals surface area contributed by atoms with Gasteiger partial charge in [0.15, 0.2) is 0 Å². The fourth-order valence-electron chi connectivity index (χ4n) is 3.52. The second-order valence-electron chi connectivity index (χ2n) is 7.90. The van der Waals surface area contributed by atoms with Crippen molar-refractivity contribution in [2.45, 2.75) is 20.0 Å². The molecule has 2 N–H and O–H groups in total. The number of hydrogen-bond donors (Lipinski definition) is 2. The van der Waals surface area contributed by atoms with E-state index in [1.165, 1.54) is 18.5 Å². The maximum absolute atomic E-state index is 13.0. The number of carbonyl (C=O) groups is 2. The molecule has 0 spiro atoms. The van der Waals surface area contributed by atoms with Crippen LogP contribution in [0.3, 0.4) is 0 Å². The molecule has 0 saturated heterocycles. The summed E-state index contributed by atoms with van der Waals surface area (Å²) in [5, 5.41) is 9.55. The van der Waals surface area contributed by atoms with Gasteiger partial charge in [0.25, 0.3) is 11.8 Å². The molecule has 178 valence electrons. The van der Waals surface area contributed by atoms with Gasteiger partial charge in [-0.2, -0.15) is 5.10 Å². The topological polar surface area (TPSA) is 111 Å². The number of pyridine rings is 1. The highest BCUT2D eigenvalue weighted by Crippen LogP contribution is 2.11. The summed E-state index contributed by atoms with van der Waals surface area (Å²) in [7, 11) is 0. The minimum atomic E-state index is -0.648. The zero-order valence-electron chi connectivity index (χ0n) is 19.2. The van der Waals surface area contributed by atoms with Crippen LogP contribution in [0.1, 0.15) is 37.8 Å². The Morgan fingerprint density at radius 1 is 1.06 bits per heavy atom. The van der Waals surface area contributed by atoms with Crippen LogP contribution in [0.15, 0.2) is 89.1 Å². The molecule has 35 heavy (non-hydrogen) atoms. The minimum Gasteiger partial charge on any atom is -0.464 e. The summed E-state index contributed by atoms with van der Waals surface area (Å²) >= 11 is 0. The number of rotatable bonds is 9. The van der Waals surface area contributed by atoms with Crippen molar-refractivity contribution >= 4 is 11.8 Å². The van der Waals surface area contributed by atoms with Gasteiger partial charge in [0, 0.05) is 37.9 Å². The van der Waals surface area contributed by atoms with Crippen LogP contribution in [-0.2, 0) is 13.1 Å². The van der Waals surface area contributed by atoms with Crippen molar-refractivity contribution in [3.8, 4) is 5.69 Å². The first-order valence-corrected chi connectivity index (χ1v) is 11.0. The summed E-state index contributed by atoms with van der Waals surface area (Å²) in [5.41, 5.74) is 0.823. The maximum atomic E-state index is 13.0. The van der Waals surface area contributed by atoms with Gasteiger partial charge in [-0.15, -0.1) is 6.58 Å². The van der Waals surface area contributed by atoms with Crippen molar-refractivity contribution in [3.05, 3.63) is 118 Å². The molecule has 3 aromatic heterocycles. The molecule has 0 unspecified atom stereocenters. The summed E-state index contributed by atoms with van der Waals surface area (Å²) in [6.45, 7) is 6.05. The van der Waals surface area contributed by atoms with Gasteiger partial charge in [-0.05, 0) is 42.8 Å². The normalized spacial score (nSPS) is 10.7. The lowest BCUT2D eigenvalue weighted by atomic mass is 10.1. The predicted octanol–water partition coefficient (Wildman–Crippen LogP) is 2.83. The lowest BCUT2D eigenvalue weighted by Crippen LogP contribution is -2.35. The average molecular weight is 472 g/mol. The number of hydrogen-bond acceptors (Lipinski definition) is 5. The Balaban J connectivity index is 1.55. The van der Waals surface area contributed by atoms with Gasteiger partial charge < -0.3 is 19.6 Å². The van der Waals surface area contributed by atoms with E-state index in [2.05, 4.69) is 22.3 Å². The minimum absolute atomic E-state index is 0.132. The van der Waals surface area contributed by atoms with Gasteiger partial charge in [-0.3, -0.25) is 14.4 Å². The highest BCUT2D eigenvalue weighted by Gasteiger charge is 2.19. The molecule has 0 aliphatic rings. The highest BCUT2D eigenvalue weighted by atomic mass is 16.3. The van der Waals surface area contributed by atoms with E-state index in [-0.39, 0.29) is 30.8 Å². The number of furan rings is 1. The Bertz CT molecular complexity index is 1400. The number of nitrogens with zero attached hydrogens (tertiary/aromatic N) is 3. The first-order chi connectivity index (χ1) is 16.9. The van der Waals surface area contributed by atoms with Crippen molar-refractivity contribution < 1.29 is 14.0 Å². The molecule has 0 aliphatic carbocycles. The second kappa shape index (κ2) is 10.5. The molecule has 9 heteroatoms. The summed E-state index contributed by atoms with van der Waals surface area (Å²) in [5.74, 6) is 0.214. The lowest BCUT2D eigenvalue weighted by Gasteiger charge is -2.12. The number of carbonyl (C=O) groups excluding carboxylic acids is 2. The zero-order valence-corrected chi connectivity index (χ0v) is 19.2. The third-order valence-corrected chi connectivity index (χ3v) is 5.27. The summed E-state index contributed by atoms with van der Waals surface area (Å²) in [4.78, 5) is 38.6. The monoisotopic (exact) mass is 471 g/mol. The molecule has 2 amide bonds. The van der Waals surface area contributed by atoms with E-state index in [1.807, 2.05) is 49.5 Å². The van der Waals surface area contributed by atoms with E-state index < -0.39 is 17.2 Å². The molecule has 4 aromatic rings. The van der Waals surface area contributed by atoms with Crippen molar-refractivity contribution in [2.75, 3.05) is 6.54 Å². The van der Waals surface area contributed by atoms with Crippen LogP contribution >= 0.6 is 0 Å². The molecule has 1 aromatic carbocycles. The fourth-order valence-corrected chi connectivity index (χ4v) is 3.52. The van der Waals surface area contributed by atoms with Gasteiger partial charge >= 0.3 is 0 Å². The molecule has 4 rings (SSSR count). The Labute approximate surface area is 201 Å². The van der Waals surface area contributed by atoms with E-state index >= 15 is 0 Å². The number of benzene rings is 1. The van der Waals surface area contributed by atoms with Crippen LogP contribution in [0.2, 0.25) is 0 Å². The highest BCUT2D eigenvalue weighted by molar-refractivity contribution is 5.99. The third-order valence-electron chi connectivity index (χ3n) is 5.27. The van der Waals surface area contributed by atoms with Gasteiger partial charge in [0.05, 0.1) is 12.2 Å². The number of aromatic nitrogens is 3. The predicted molar refractivity (Wildman–Crippen MR) is 131 cm³/mol. The maximum Gasteiger partial charge on any atom is 0.257 e. The quantitative estimate of drug-likeness (QED) is 0.365.